The molecule has 0 radical (unpaired) electrons. The van der Waals surface area contributed by atoms with Crippen molar-refractivity contribution in [3.63, 3.8) is 0 Å². The van der Waals surface area contributed by atoms with E-state index in [0.717, 1.165) is 16.1 Å². The molecule has 2 heterocycles. The number of nitrogens with zero attached hydrogens (tertiary/aromatic N) is 1. The maximum absolute atomic E-state index is 13.2. The largest absolute Gasteiger partial charge is 0.497 e. The Morgan fingerprint density at radius 2 is 1.90 bits per heavy atom. The minimum Gasteiger partial charge on any atom is -0.497 e. The molecule has 0 unspecified atom stereocenters. The van der Waals surface area contributed by atoms with Gasteiger partial charge in [0.05, 0.1) is 30.5 Å². The van der Waals surface area contributed by atoms with Crippen LogP contribution in [0, 0.1) is 0 Å². The van der Waals surface area contributed by atoms with E-state index in [9.17, 15) is 9.59 Å². The van der Waals surface area contributed by atoms with Crippen molar-refractivity contribution in [1.29, 1.82) is 0 Å². The van der Waals surface area contributed by atoms with E-state index in [1.807, 2.05) is 35.7 Å². The van der Waals surface area contributed by atoms with Gasteiger partial charge in [-0.1, -0.05) is 51.0 Å². The predicted octanol–water partition coefficient (Wildman–Crippen LogP) is 4.40. The molecule has 2 aliphatic heterocycles. The van der Waals surface area contributed by atoms with Gasteiger partial charge in [-0.15, -0.1) is 0 Å². The molecule has 0 saturated heterocycles. The van der Waals surface area contributed by atoms with Crippen molar-refractivity contribution in [2.45, 2.75) is 6.54 Å². The summed E-state index contributed by atoms with van der Waals surface area (Å²) in [6.45, 7) is 0.365. The van der Waals surface area contributed by atoms with E-state index in [1.54, 1.807) is 29.9 Å². The van der Waals surface area contributed by atoms with Crippen LogP contribution in [0.3, 0.4) is 0 Å². The third-order valence-corrected chi connectivity index (χ3v) is 6.64. The molecule has 2 aromatic rings. The molecule has 0 atom stereocenters. The topological polar surface area (TPSA) is 81.6 Å². The zero-order valence-electron chi connectivity index (χ0n) is 16.3. The first-order valence-corrected chi connectivity index (χ1v) is 11.3. The van der Waals surface area contributed by atoms with Gasteiger partial charge in [0.1, 0.15) is 17.2 Å². The summed E-state index contributed by atoms with van der Waals surface area (Å²) in [5, 5.41) is 7.40. The summed E-state index contributed by atoms with van der Waals surface area (Å²) < 4.78 is 12.3. The van der Waals surface area contributed by atoms with E-state index >= 15 is 0 Å². The van der Waals surface area contributed by atoms with E-state index in [0.29, 0.717) is 23.7 Å². The lowest BCUT2D eigenvalue weighted by Gasteiger charge is -2.11. The van der Waals surface area contributed by atoms with Gasteiger partial charge in [-0.25, -0.2) is 4.79 Å². The fourth-order valence-electron chi connectivity index (χ4n) is 3.11. The molecule has 0 fully saturated rings. The number of hydrogen-bond acceptors (Lipinski definition) is 6. The molecule has 2 aliphatic rings. The first kappa shape index (κ1) is 20.0. The van der Waals surface area contributed by atoms with Gasteiger partial charge >= 0.3 is 6.03 Å². The summed E-state index contributed by atoms with van der Waals surface area (Å²) in [7, 11) is 6.03. The Morgan fingerprint density at radius 3 is 2.63 bits per heavy atom. The number of benzene rings is 2. The van der Waals surface area contributed by atoms with Crippen LogP contribution in [0.25, 0.3) is 16.3 Å². The van der Waals surface area contributed by atoms with Crippen LogP contribution in [0.5, 0.6) is 11.5 Å². The van der Waals surface area contributed by atoms with Gasteiger partial charge in [0.25, 0.3) is 5.56 Å². The number of aromatic nitrogens is 1. The molecule has 0 bridgehead atoms. The second-order valence-corrected chi connectivity index (χ2v) is 8.44. The Kier molecular flexibility index (Phi) is 5.73. The van der Waals surface area contributed by atoms with Crippen molar-refractivity contribution in [2.75, 3.05) is 19.5 Å². The van der Waals surface area contributed by atoms with E-state index < -0.39 is 6.03 Å². The van der Waals surface area contributed by atoms with Crippen molar-refractivity contribution >= 4 is 32.4 Å². The Morgan fingerprint density at radius 1 is 1.10 bits per heavy atom. The number of carbonyl (C=O) groups is 1. The lowest BCUT2D eigenvalue weighted by Crippen LogP contribution is -2.30. The minimum absolute atomic E-state index is 0.250. The molecule has 154 valence electrons. The highest BCUT2D eigenvalue weighted by molar-refractivity contribution is 7.70. The van der Waals surface area contributed by atoms with E-state index in [-0.39, 0.29) is 11.2 Å². The molecule has 30 heavy (non-hydrogen) atoms. The van der Waals surface area contributed by atoms with Crippen LogP contribution in [0.1, 0.15) is 5.56 Å². The Hall–Kier alpha value is -3.30. The third kappa shape index (κ3) is 3.77. The van der Waals surface area contributed by atoms with Crippen molar-refractivity contribution in [3.05, 3.63) is 69.8 Å². The Bertz CT molecular complexity index is 1200. The summed E-state index contributed by atoms with van der Waals surface area (Å²) in [5.41, 5.74) is 2.20. The number of ether oxygens (including phenoxy) is 2. The highest BCUT2D eigenvalue weighted by Gasteiger charge is 2.26. The summed E-state index contributed by atoms with van der Waals surface area (Å²) >= 11 is 0. The Balaban J connectivity index is 1.65. The van der Waals surface area contributed by atoms with Gasteiger partial charge in [-0.3, -0.25) is 9.36 Å². The third-order valence-electron chi connectivity index (χ3n) is 4.57. The molecule has 0 saturated carbocycles. The normalized spacial score (nSPS) is 10.7. The summed E-state index contributed by atoms with van der Waals surface area (Å²) in [6.07, 6.45) is 0. The molecule has 0 spiro atoms. The lowest BCUT2D eigenvalue weighted by molar-refractivity contribution is 0.251. The average Bonchev–Trinajstić information content (AvgIpc) is 3.34. The zero-order valence-corrected chi connectivity index (χ0v) is 17.9. The van der Waals surface area contributed by atoms with Crippen LogP contribution in [-0.4, -0.2) is 24.8 Å². The predicted molar refractivity (Wildman–Crippen MR) is 120 cm³/mol. The van der Waals surface area contributed by atoms with Crippen LogP contribution in [-0.2, 0) is 6.54 Å². The molecule has 2 aromatic carbocycles. The second kappa shape index (κ2) is 8.60. The summed E-state index contributed by atoms with van der Waals surface area (Å²) in [6, 6.07) is 14.4. The summed E-state index contributed by atoms with van der Waals surface area (Å²) in [4.78, 5) is 26.4. The van der Waals surface area contributed by atoms with Gasteiger partial charge < -0.3 is 20.1 Å². The van der Waals surface area contributed by atoms with Gasteiger partial charge in [0, 0.05) is 18.0 Å². The molecule has 9 heteroatoms. The average molecular weight is 442 g/mol. The van der Waals surface area contributed by atoms with Gasteiger partial charge in [-0.05, 0) is 17.7 Å². The fourth-order valence-corrected chi connectivity index (χ4v) is 5.31. The molecular formula is C21H19N3O4S2. The monoisotopic (exact) mass is 441 g/mol. The van der Waals surface area contributed by atoms with Gasteiger partial charge in [0.2, 0.25) is 0 Å². The number of nitrogens with one attached hydrogen (secondary N) is 2. The number of fused-ring (bicyclic) bond motifs is 1. The molecule has 2 amide bonds. The van der Waals surface area contributed by atoms with E-state index in [2.05, 4.69) is 10.6 Å². The van der Waals surface area contributed by atoms with Gasteiger partial charge in [-0.2, -0.15) is 0 Å². The number of methoxy groups -OCH3 is 2. The lowest BCUT2D eigenvalue weighted by atomic mass is 10.2. The SMILES string of the molecule is COc1ccc(-n2c3cssc-3c(NC(=O)NCc3ccccc3)c2=O)c(OC)c1. The highest BCUT2D eigenvalue weighted by atomic mass is 32.9. The highest BCUT2D eigenvalue weighted by Crippen LogP contribution is 2.40. The van der Waals surface area contributed by atoms with E-state index in [1.165, 1.54) is 27.8 Å². The quantitative estimate of drug-likeness (QED) is 0.435. The molecule has 2 N–H and O–H groups in total. The van der Waals surface area contributed by atoms with Crippen molar-refractivity contribution in [2.24, 2.45) is 0 Å². The van der Waals surface area contributed by atoms with Crippen LogP contribution < -0.4 is 25.7 Å². The number of carbonyl (C=O) groups excluding carboxylic acids is 1. The second-order valence-electron chi connectivity index (χ2n) is 6.36. The standard InChI is InChI=1S/C21H19N3O4S2/c1-27-14-8-9-15(17(10-14)28-2)24-16-12-29-30-19(16)18(20(24)25)23-21(26)22-11-13-6-4-3-5-7-13/h3-10,12H,11H2,1-2H3,(H2,22,23,26). The maximum atomic E-state index is 13.2. The molecule has 4 rings (SSSR count). The number of urea groups is 1. The first-order chi connectivity index (χ1) is 14.6. The number of rotatable bonds is 6. The van der Waals surface area contributed by atoms with Crippen molar-refractivity contribution in [1.82, 2.24) is 9.88 Å². The maximum Gasteiger partial charge on any atom is 0.319 e. The van der Waals surface area contributed by atoms with Gasteiger partial charge in [0.15, 0.2) is 0 Å². The zero-order chi connectivity index (χ0) is 21.1. The number of hydrogen-bond donors (Lipinski definition) is 2. The van der Waals surface area contributed by atoms with Crippen LogP contribution >= 0.6 is 20.7 Å². The smallest absolute Gasteiger partial charge is 0.319 e. The van der Waals surface area contributed by atoms with Crippen molar-refractivity contribution in [3.8, 4) is 27.8 Å². The van der Waals surface area contributed by atoms with Crippen LogP contribution in [0.15, 0.2) is 58.7 Å². The Labute approximate surface area is 180 Å². The number of anilines is 1. The van der Waals surface area contributed by atoms with Crippen molar-refractivity contribution < 1.29 is 14.3 Å². The summed E-state index contributed by atoms with van der Waals surface area (Å²) in [5.74, 6) is 1.12. The minimum atomic E-state index is -0.435. The molecule has 0 aromatic heterocycles. The molecule has 0 aliphatic carbocycles. The van der Waals surface area contributed by atoms with E-state index in [4.69, 9.17) is 9.47 Å². The number of amides is 2. The molecule has 7 nitrogen and oxygen atoms in total. The fraction of sp³-hybridized carbons (Fsp3) is 0.143. The first-order valence-electron chi connectivity index (χ1n) is 9.05. The van der Waals surface area contributed by atoms with Crippen LogP contribution in [0.4, 0.5) is 10.5 Å². The van der Waals surface area contributed by atoms with Crippen LogP contribution in [0.2, 0.25) is 0 Å². The molecular weight excluding hydrogens is 422 g/mol.